The normalized spacial score (nSPS) is 15.0. The minimum Gasteiger partial charge on any atom is -0.756 e. The number of likely N-dealkylation sites (N-methyl/N-ethyl adjacent to an activating group) is 1. The van der Waals surface area contributed by atoms with Crippen molar-refractivity contribution < 1.29 is 32.9 Å². The summed E-state index contributed by atoms with van der Waals surface area (Å²) in [7, 11) is 1.23. The van der Waals surface area contributed by atoms with Crippen molar-refractivity contribution in [1.29, 1.82) is 0 Å². The molecular formula is C53H93N2O6P. The van der Waals surface area contributed by atoms with Gasteiger partial charge in [0, 0.05) is 6.42 Å². The van der Waals surface area contributed by atoms with Gasteiger partial charge in [-0.15, -0.1) is 0 Å². The molecule has 9 heteroatoms. The van der Waals surface area contributed by atoms with Crippen molar-refractivity contribution >= 4 is 13.7 Å². The Balaban J connectivity index is 3.99. The van der Waals surface area contributed by atoms with Gasteiger partial charge < -0.3 is 28.8 Å². The van der Waals surface area contributed by atoms with Crippen molar-refractivity contribution in [2.45, 2.75) is 193 Å². The number of rotatable bonds is 43. The second-order valence-corrected chi connectivity index (χ2v) is 18.8. The van der Waals surface area contributed by atoms with Gasteiger partial charge in [-0.05, 0) is 77.0 Å². The summed E-state index contributed by atoms with van der Waals surface area (Å²) in [5.41, 5.74) is 0. The second kappa shape index (κ2) is 43.7. The fourth-order valence-electron chi connectivity index (χ4n) is 6.41. The number of allylic oxidation sites excluding steroid dienone is 15. The highest BCUT2D eigenvalue weighted by atomic mass is 31.2. The lowest BCUT2D eigenvalue weighted by molar-refractivity contribution is -0.870. The van der Waals surface area contributed by atoms with Gasteiger partial charge in [-0.3, -0.25) is 9.36 Å². The van der Waals surface area contributed by atoms with Crippen molar-refractivity contribution in [3.8, 4) is 0 Å². The SMILES string of the molecule is CC/C=C\C/C=C\C/C=C\C/C=C\C/C=C\C/C=C\CCCCCCCCCCCCCCCCC(=O)NC(COP(=O)([O-])OCC[N+](C)(C)C)C(O)/C=C/CC/C=C/CCC. The zero-order valence-corrected chi connectivity index (χ0v) is 41.2. The third kappa shape index (κ3) is 45.4. The molecule has 0 bridgehead atoms. The number of quaternary nitrogens is 1. The molecule has 8 nitrogen and oxygen atoms in total. The highest BCUT2D eigenvalue weighted by molar-refractivity contribution is 7.45. The van der Waals surface area contributed by atoms with Gasteiger partial charge in [-0.1, -0.05) is 195 Å². The molecule has 0 saturated carbocycles. The Morgan fingerprint density at radius 3 is 1.48 bits per heavy atom. The molecule has 0 radical (unpaired) electrons. The van der Waals surface area contributed by atoms with Crippen LogP contribution in [0.5, 0.6) is 0 Å². The topological polar surface area (TPSA) is 108 Å². The average molecular weight is 885 g/mol. The predicted molar refractivity (Wildman–Crippen MR) is 265 cm³/mol. The quantitative estimate of drug-likeness (QED) is 0.0273. The summed E-state index contributed by atoms with van der Waals surface area (Å²) >= 11 is 0. The van der Waals surface area contributed by atoms with Gasteiger partial charge in [0.15, 0.2) is 0 Å². The van der Waals surface area contributed by atoms with Crippen LogP contribution in [0.1, 0.15) is 181 Å². The molecule has 62 heavy (non-hydrogen) atoms. The van der Waals surface area contributed by atoms with Crippen LogP contribution in [0.15, 0.2) is 97.2 Å². The molecule has 0 fully saturated rings. The fourth-order valence-corrected chi connectivity index (χ4v) is 7.14. The van der Waals surface area contributed by atoms with Crippen molar-refractivity contribution in [1.82, 2.24) is 5.32 Å². The van der Waals surface area contributed by atoms with Gasteiger partial charge in [0.2, 0.25) is 5.91 Å². The number of carbonyl (C=O) groups is 1. The Hall–Kier alpha value is -2.58. The minimum absolute atomic E-state index is 0.0109. The molecule has 0 aliphatic heterocycles. The van der Waals surface area contributed by atoms with Crippen LogP contribution in [0, 0.1) is 0 Å². The maximum Gasteiger partial charge on any atom is 0.268 e. The summed E-state index contributed by atoms with van der Waals surface area (Å²) in [6.45, 7) is 4.38. The molecule has 0 saturated heterocycles. The molecule has 0 aliphatic rings. The molecule has 2 N–H and O–H groups in total. The van der Waals surface area contributed by atoms with Crippen LogP contribution >= 0.6 is 7.82 Å². The van der Waals surface area contributed by atoms with Crippen LogP contribution in [0.25, 0.3) is 0 Å². The molecular weight excluding hydrogens is 792 g/mol. The molecule has 356 valence electrons. The number of phosphoric acid groups is 1. The molecule has 3 atom stereocenters. The number of amides is 1. The van der Waals surface area contributed by atoms with Gasteiger partial charge in [-0.25, -0.2) is 0 Å². The number of aliphatic hydroxyl groups excluding tert-OH is 1. The number of unbranched alkanes of at least 4 members (excludes halogenated alkanes) is 16. The van der Waals surface area contributed by atoms with E-state index >= 15 is 0 Å². The first kappa shape index (κ1) is 59.4. The van der Waals surface area contributed by atoms with Gasteiger partial charge >= 0.3 is 0 Å². The largest absolute Gasteiger partial charge is 0.756 e. The molecule has 3 unspecified atom stereocenters. The summed E-state index contributed by atoms with van der Waals surface area (Å²) in [6, 6.07) is -0.905. The Labute approximate surface area is 381 Å². The first-order valence-corrected chi connectivity index (χ1v) is 26.1. The molecule has 0 aliphatic carbocycles. The lowest BCUT2D eigenvalue weighted by Gasteiger charge is -2.29. The van der Waals surface area contributed by atoms with E-state index in [4.69, 9.17) is 9.05 Å². The average Bonchev–Trinajstić information content (AvgIpc) is 3.23. The van der Waals surface area contributed by atoms with Crippen molar-refractivity contribution in [3.05, 3.63) is 97.2 Å². The summed E-state index contributed by atoms with van der Waals surface area (Å²) < 4.78 is 23.1. The standard InChI is InChI=1S/C53H93N2O6P/c1-6-8-10-12-14-15-16-17-18-19-20-21-22-23-24-25-26-27-28-29-30-31-32-33-34-35-36-37-38-39-41-43-45-47-53(57)54-51(52(56)46-44-42-40-13-11-9-7-2)50-61-62(58,59)60-49-48-55(3,4)5/h8,10-11,13-15,17-18,20-21,23-24,26-27,44,46,51-52,56H,6-7,9,12,16,19,22,25,28-43,45,47-50H2,1-5H3,(H-,54,57,58,59)/b10-8-,13-11+,15-14-,18-17-,21-20-,24-23-,27-26-,46-44+. The van der Waals surface area contributed by atoms with E-state index in [9.17, 15) is 19.4 Å². The number of nitrogens with zero attached hydrogens (tertiary/aromatic N) is 1. The van der Waals surface area contributed by atoms with E-state index in [0.29, 0.717) is 17.4 Å². The predicted octanol–water partition coefficient (Wildman–Crippen LogP) is 13.7. The lowest BCUT2D eigenvalue weighted by Crippen LogP contribution is -2.45. The molecule has 0 heterocycles. The molecule has 0 spiro atoms. The van der Waals surface area contributed by atoms with Crippen molar-refractivity contribution in [3.63, 3.8) is 0 Å². The molecule has 0 rings (SSSR count). The van der Waals surface area contributed by atoms with Crippen molar-refractivity contribution in [2.75, 3.05) is 40.9 Å². The van der Waals surface area contributed by atoms with Gasteiger partial charge in [0.25, 0.3) is 7.82 Å². The van der Waals surface area contributed by atoms with Gasteiger partial charge in [-0.2, -0.15) is 0 Å². The fraction of sp³-hybridized carbons (Fsp3) is 0.679. The van der Waals surface area contributed by atoms with Gasteiger partial charge in [0.1, 0.15) is 13.2 Å². The lowest BCUT2D eigenvalue weighted by atomic mass is 10.0. The smallest absolute Gasteiger partial charge is 0.268 e. The van der Waals surface area contributed by atoms with E-state index < -0.39 is 26.6 Å². The van der Waals surface area contributed by atoms with E-state index in [2.05, 4.69) is 104 Å². The Bertz CT molecular complexity index is 1330. The van der Waals surface area contributed by atoms with Crippen molar-refractivity contribution in [2.24, 2.45) is 0 Å². The Kier molecular flexibility index (Phi) is 41.8. The number of aliphatic hydroxyl groups is 1. The van der Waals surface area contributed by atoms with Crippen LogP contribution in [-0.2, 0) is 18.4 Å². The third-order valence-corrected chi connectivity index (χ3v) is 11.2. The highest BCUT2D eigenvalue weighted by Crippen LogP contribution is 2.38. The van der Waals surface area contributed by atoms with Crippen LogP contribution < -0.4 is 10.2 Å². The summed E-state index contributed by atoms with van der Waals surface area (Å²) in [5, 5.41) is 13.6. The molecule has 0 aromatic carbocycles. The zero-order chi connectivity index (χ0) is 45.7. The van der Waals surface area contributed by atoms with E-state index in [-0.39, 0.29) is 12.5 Å². The Morgan fingerprint density at radius 2 is 1.00 bits per heavy atom. The molecule has 0 aromatic heterocycles. The van der Waals surface area contributed by atoms with Gasteiger partial charge in [0.05, 0.1) is 39.9 Å². The maximum atomic E-state index is 12.8. The van der Waals surface area contributed by atoms with E-state index in [1.807, 2.05) is 27.2 Å². The van der Waals surface area contributed by atoms with Crippen LogP contribution in [0.4, 0.5) is 0 Å². The van der Waals surface area contributed by atoms with Crippen LogP contribution in [0.3, 0.4) is 0 Å². The van der Waals surface area contributed by atoms with E-state index in [1.165, 1.54) is 77.0 Å². The first-order chi connectivity index (χ1) is 30.0. The highest BCUT2D eigenvalue weighted by Gasteiger charge is 2.23. The van der Waals surface area contributed by atoms with E-state index in [1.54, 1.807) is 6.08 Å². The monoisotopic (exact) mass is 885 g/mol. The molecule has 1 amide bonds. The third-order valence-electron chi connectivity index (χ3n) is 10.3. The summed E-state index contributed by atoms with van der Waals surface area (Å²) in [5.74, 6) is -0.217. The maximum absolute atomic E-state index is 12.8. The summed E-state index contributed by atoms with van der Waals surface area (Å²) in [6.07, 6.45) is 62.3. The molecule has 0 aromatic rings. The number of nitrogens with one attached hydrogen (secondary N) is 1. The summed E-state index contributed by atoms with van der Waals surface area (Å²) in [4.78, 5) is 25.2. The number of phosphoric ester groups is 1. The number of hydrogen-bond donors (Lipinski definition) is 2. The zero-order valence-electron chi connectivity index (χ0n) is 40.3. The van der Waals surface area contributed by atoms with Crippen LogP contribution in [0.2, 0.25) is 0 Å². The first-order valence-electron chi connectivity index (χ1n) is 24.6. The minimum atomic E-state index is -4.59. The van der Waals surface area contributed by atoms with E-state index in [0.717, 1.165) is 83.5 Å². The second-order valence-electron chi connectivity index (χ2n) is 17.4. The number of carbonyl (C=O) groups excluding carboxylic acids is 1. The number of hydrogen-bond acceptors (Lipinski definition) is 6. The van der Waals surface area contributed by atoms with Crippen LogP contribution in [-0.4, -0.2) is 68.5 Å². The Morgan fingerprint density at radius 1 is 0.581 bits per heavy atom.